The zero-order valence-corrected chi connectivity index (χ0v) is 11.5. The second-order valence-corrected chi connectivity index (χ2v) is 6.20. The van der Waals surface area contributed by atoms with Gasteiger partial charge in [-0.2, -0.15) is 11.8 Å². The van der Waals surface area contributed by atoms with Crippen LogP contribution < -0.4 is 5.73 Å². The molecule has 0 bridgehead atoms. The SMILES string of the molecule is CCN(CC)C1(CN)CSCCC1(C)C. The number of nitrogens with two attached hydrogens (primary N) is 1. The molecule has 90 valence electrons. The first-order valence-electron chi connectivity index (χ1n) is 6.07. The number of thioether (sulfide) groups is 1. The molecule has 2 N–H and O–H groups in total. The molecule has 1 atom stereocenters. The zero-order chi connectivity index (χ0) is 11.5. The number of hydrogen-bond acceptors (Lipinski definition) is 3. The molecule has 1 fully saturated rings. The van der Waals surface area contributed by atoms with Gasteiger partial charge in [0.2, 0.25) is 0 Å². The molecule has 1 saturated heterocycles. The van der Waals surface area contributed by atoms with Gasteiger partial charge >= 0.3 is 0 Å². The summed E-state index contributed by atoms with van der Waals surface area (Å²) in [5.41, 5.74) is 6.66. The van der Waals surface area contributed by atoms with Crippen molar-refractivity contribution in [2.75, 3.05) is 31.1 Å². The van der Waals surface area contributed by atoms with E-state index in [-0.39, 0.29) is 5.54 Å². The minimum atomic E-state index is 0.208. The fraction of sp³-hybridized carbons (Fsp3) is 1.00. The van der Waals surface area contributed by atoms with E-state index >= 15 is 0 Å². The van der Waals surface area contributed by atoms with E-state index in [1.54, 1.807) is 0 Å². The molecule has 2 nitrogen and oxygen atoms in total. The van der Waals surface area contributed by atoms with Gasteiger partial charge in [-0.05, 0) is 30.7 Å². The molecule has 0 amide bonds. The third kappa shape index (κ3) is 2.20. The summed E-state index contributed by atoms with van der Waals surface area (Å²) in [6.07, 6.45) is 1.28. The Labute approximate surface area is 99.0 Å². The van der Waals surface area contributed by atoms with Crippen LogP contribution in [0, 0.1) is 5.41 Å². The number of rotatable bonds is 4. The highest BCUT2D eigenvalue weighted by atomic mass is 32.2. The highest BCUT2D eigenvalue weighted by molar-refractivity contribution is 7.99. The summed E-state index contributed by atoms with van der Waals surface area (Å²) >= 11 is 2.07. The van der Waals surface area contributed by atoms with Gasteiger partial charge in [0.05, 0.1) is 0 Å². The molecule has 0 aromatic heterocycles. The first kappa shape index (κ1) is 13.3. The summed E-state index contributed by atoms with van der Waals surface area (Å²) < 4.78 is 0. The van der Waals surface area contributed by atoms with Crippen molar-refractivity contribution in [1.82, 2.24) is 4.90 Å². The Morgan fingerprint density at radius 2 is 1.87 bits per heavy atom. The van der Waals surface area contributed by atoms with Crippen molar-refractivity contribution < 1.29 is 0 Å². The Kier molecular flexibility index (Phi) is 4.50. The predicted molar refractivity (Wildman–Crippen MR) is 70.4 cm³/mol. The lowest BCUT2D eigenvalue weighted by Gasteiger charge is -2.55. The van der Waals surface area contributed by atoms with Crippen LogP contribution in [-0.4, -0.2) is 41.6 Å². The van der Waals surface area contributed by atoms with Crippen molar-refractivity contribution >= 4 is 11.8 Å². The van der Waals surface area contributed by atoms with Crippen molar-refractivity contribution in [3.05, 3.63) is 0 Å². The molecule has 1 aliphatic rings. The number of hydrogen-bond donors (Lipinski definition) is 1. The van der Waals surface area contributed by atoms with Gasteiger partial charge in [0.1, 0.15) is 0 Å². The van der Waals surface area contributed by atoms with Crippen molar-refractivity contribution in [3.63, 3.8) is 0 Å². The molecule has 0 spiro atoms. The lowest BCUT2D eigenvalue weighted by atomic mass is 9.69. The lowest BCUT2D eigenvalue weighted by Crippen LogP contribution is -2.65. The Hall–Kier alpha value is 0.270. The fourth-order valence-corrected chi connectivity index (χ4v) is 4.64. The van der Waals surface area contributed by atoms with Crippen LogP contribution in [0.3, 0.4) is 0 Å². The van der Waals surface area contributed by atoms with Crippen LogP contribution in [0.25, 0.3) is 0 Å². The van der Waals surface area contributed by atoms with Gasteiger partial charge in [0, 0.05) is 17.8 Å². The molecule has 1 rings (SSSR count). The van der Waals surface area contributed by atoms with E-state index in [0.29, 0.717) is 5.41 Å². The average molecular weight is 230 g/mol. The fourth-order valence-electron chi connectivity index (χ4n) is 2.81. The number of nitrogens with zero attached hydrogens (tertiary/aromatic N) is 1. The highest BCUT2D eigenvalue weighted by Crippen LogP contribution is 2.45. The summed E-state index contributed by atoms with van der Waals surface area (Å²) in [7, 11) is 0. The Bertz CT molecular complexity index is 202. The normalized spacial score (nSPS) is 30.8. The predicted octanol–water partition coefficient (Wildman–Crippen LogP) is 2.19. The van der Waals surface area contributed by atoms with E-state index in [4.69, 9.17) is 5.73 Å². The average Bonchev–Trinajstić information content (AvgIpc) is 2.22. The van der Waals surface area contributed by atoms with Gasteiger partial charge in [-0.25, -0.2) is 0 Å². The third-order valence-corrected chi connectivity index (χ3v) is 5.35. The largest absolute Gasteiger partial charge is 0.329 e. The van der Waals surface area contributed by atoms with E-state index in [2.05, 4.69) is 44.4 Å². The maximum absolute atomic E-state index is 6.11. The van der Waals surface area contributed by atoms with Crippen LogP contribution in [0.5, 0.6) is 0 Å². The maximum Gasteiger partial charge on any atom is 0.0472 e. The molecule has 0 saturated carbocycles. The summed E-state index contributed by atoms with van der Waals surface area (Å²) in [6.45, 7) is 12.3. The van der Waals surface area contributed by atoms with E-state index in [9.17, 15) is 0 Å². The Morgan fingerprint density at radius 3 is 2.27 bits per heavy atom. The van der Waals surface area contributed by atoms with Crippen molar-refractivity contribution in [2.45, 2.75) is 39.7 Å². The van der Waals surface area contributed by atoms with Gasteiger partial charge in [-0.15, -0.1) is 0 Å². The molecular weight excluding hydrogens is 204 g/mol. The van der Waals surface area contributed by atoms with Crippen LogP contribution in [-0.2, 0) is 0 Å². The summed E-state index contributed by atoms with van der Waals surface area (Å²) in [4.78, 5) is 2.57. The molecule has 0 radical (unpaired) electrons. The van der Waals surface area contributed by atoms with Gasteiger partial charge in [0.25, 0.3) is 0 Å². The molecule has 1 unspecified atom stereocenters. The van der Waals surface area contributed by atoms with Crippen LogP contribution in [0.2, 0.25) is 0 Å². The van der Waals surface area contributed by atoms with Gasteiger partial charge in [0.15, 0.2) is 0 Å². The second-order valence-electron chi connectivity index (χ2n) is 5.09. The van der Waals surface area contributed by atoms with Gasteiger partial charge < -0.3 is 5.73 Å². The zero-order valence-electron chi connectivity index (χ0n) is 10.7. The van der Waals surface area contributed by atoms with Gasteiger partial charge in [-0.1, -0.05) is 27.7 Å². The van der Waals surface area contributed by atoms with Crippen molar-refractivity contribution in [1.29, 1.82) is 0 Å². The third-order valence-electron chi connectivity index (χ3n) is 4.18. The first-order valence-corrected chi connectivity index (χ1v) is 7.22. The highest BCUT2D eigenvalue weighted by Gasteiger charge is 2.48. The van der Waals surface area contributed by atoms with E-state index < -0.39 is 0 Å². The molecule has 0 aliphatic carbocycles. The van der Waals surface area contributed by atoms with Gasteiger partial charge in [-0.3, -0.25) is 4.90 Å². The Morgan fingerprint density at radius 1 is 1.27 bits per heavy atom. The van der Waals surface area contributed by atoms with Crippen molar-refractivity contribution in [2.24, 2.45) is 11.1 Å². The summed E-state index contributed by atoms with van der Waals surface area (Å²) in [5, 5.41) is 0. The second kappa shape index (κ2) is 5.07. The van der Waals surface area contributed by atoms with Crippen LogP contribution in [0.15, 0.2) is 0 Å². The summed E-state index contributed by atoms with van der Waals surface area (Å²) in [5.74, 6) is 2.48. The minimum absolute atomic E-state index is 0.208. The smallest absolute Gasteiger partial charge is 0.0472 e. The van der Waals surface area contributed by atoms with E-state index in [1.165, 1.54) is 17.9 Å². The van der Waals surface area contributed by atoms with E-state index in [0.717, 1.165) is 19.6 Å². The lowest BCUT2D eigenvalue weighted by molar-refractivity contribution is 0.00849. The molecule has 0 aromatic carbocycles. The monoisotopic (exact) mass is 230 g/mol. The van der Waals surface area contributed by atoms with Crippen molar-refractivity contribution in [3.8, 4) is 0 Å². The topological polar surface area (TPSA) is 29.3 Å². The first-order chi connectivity index (χ1) is 7.04. The standard InChI is InChI=1S/C12H26N2S/c1-5-14(6-2)12(9-13)10-15-8-7-11(12,3)4/h5-10,13H2,1-4H3. The quantitative estimate of drug-likeness (QED) is 0.803. The molecule has 15 heavy (non-hydrogen) atoms. The Balaban J connectivity index is 2.98. The number of likely N-dealkylation sites (N-methyl/N-ethyl adjacent to an activating group) is 1. The summed E-state index contributed by atoms with van der Waals surface area (Å²) in [6, 6.07) is 0. The van der Waals surface area contributed by atoms with E-state index in [1.807, 2.05) is 0 Å². The van der Waals surface area contributed by atoms with Crippen LogP contribution >= 0.6 is 11.8 Å². The molecule has 0 aromatic rings. The molecule has 3 heteroatoms. The van der Waals surface area contributed by atoms with Crippen LogP contribution in [0.4, 0.5) is 0 Å². The maximum atomic E-state index is 6.11. The van der Waals surface area contributed by atoms with Crippen LogP contribution in [0.1, 0.15) is 34.1 Å². The molecule has 1 aliphatic heterocycles. The minimum Gasteiger partial charge on any atom is -0.329 e. The molecule has 1 heterocycles. The molecular formula is C12H26N2S.